The highest BCUT2D eigenvalue weighted by atomic mass is 16.5. The molecule has 1 fully saturated rings. The zero-order valence-electron chi connectivity index (χ0n) is 11.5. The Morgan fingerprint density at radius 2 is 2.39 bits per heavy atom. The van der Waals surface area contributed by atoms with Crippen molar-refractivity contribution < 1.29 is 4.74 Å². The van der Waals surface area contributed by atoms with Crippen LogP contribution in [0.5, 0.6) is 5.75 Å². The molecule has 4 heteroatoms. The van der Waals surface area contributed by atoms with Crippen LogP contribution in [0.3, 0.4) is 0 Å². The Hall–Kier alpha value is -1.29. The fourth-order valence-corrected chi connectivity index (χ4v) is 2.34. The van der Waals surface area contributed by atoms with Crippen LogP contribution in [0.1, 0.15) is 26.7 Å². The van der Waals surface area contributed by atoms with E-state index in [1.165, 1.54) is 12.8 Å². The van der Waals surface area contributed by atoms with Gasteiger partial charge in [0, 0.05) is 25.8 Å². The Kier molecular flexibility index (Phi) is 4.42. The molecular formula is C14H23N3O. The number of anilines is 1. The van der Waals surface area contributed by atoms with Crippen molar-refractivity contribution in [3.8, 4) is 5.75 Å². The number of aromatic nitrogens is 1. The van der Waals surface area contributed by atoms with E-state index in [4.69, 9.17) is 4.74 Å². The van der Waals surface area contributed by atoms with Crippen LogP contribution in [-0.4, -0.2) is 37.3 Å². The number of nitrogens with one attached hydrogen (secondary N) is 1. The molecule has 100 valence electrons. The molecule has 0 aromatic carbocycles. The van der Waals surface area contributed by atoms with Crippen molar-refractivity contribution in [2.45, 2.75) is 38.8 Å². The SMILES string of the molecule is CC(C)Oc1cccnc1N(C)CC1CCCN1. The molecule has 0 amide bonds. The number of rotatable bonds is 5. The average molecular weight is 249 g/mol. The number of ether oxygens (including phenoxy) is 1. The first-order valence-electron chi connectivity index (χ1n) is 6.73. The van der Waals surface area contributed by atoms with E-state index in [0.717, 1.165) is 24.7 Å². The van der Waals surface area contributed by atoms with Gasteiger partial charge in [0.2, 0.25) is 0 Å². The summed E-state index contributed by atoms with van der Waals surface area (Å²) < 4.78 is 5.81. The second kappa shape index (κ2) is 6.05. The molecule has 0 bridgehead atoms. The summed E-state index contributed by atoms with van der Waals surface area (Å²) in [4.78, 5) is 6.63. The molecule has 2 rings (SSSR count). The minimum absolute atomic E-state index is 0.172. The summed E-state index contributed by atoms with van der Waals surface area (Å²) in [5, 5.41) is 3.51. The van der Waals surface area contributed by atoms with E-state index in [1.807, 2.05) is 32.2 Å². The maximum Gasteiger partial charge on any atom is 0.171 e. The molecule has 1 unspecified atom stereocenters. The number of hydrogen-bond donors (Lipinski definition) is 1. The predicted octanol–water partition coefficient (Wildman–Crippen LogP) is 2.06. The Morgan fingerprint density at radius 3 is 3.06 bits per heavy atom. The summed E-state index contributed by atoms with van der Waals surface area (Å²) >= 11 is 0. The fraction of sp³-hybridized carbons (Fsp3) is 0.643. The molecule has 18 heavy (non-hydrogen) atoms. The lowest BCUT2D eigenvalue weighted by Gasteiger charge is -2.24. The van der Waals surface area contributed by atoms with E-state index in [9.17, 15) is 0 Å². The summed E-state index contributed by atoms with van der Waals surface area (Å²) in [6.07, 6.45) is 4.51. The molecule has 1 saturated heterocycles. The highest BCUT2D eigenvalue weighted by Gasteiger charge is 2.18. The molecule has 0 saturated carbocycles. The largest absolute Gasteiger partial charge is 0.487 e. The molecule has 1 aromatic rings. The van der Waals surface area contributed by atoms with E-state index >= 15 is 0 Å². The molecule has 1 aromatic heterocycles. The van der Waals surface area contributed by atoms with Crippen molar-refractivity contribution in [1.29, 1.82) is 0 Å². The van der Waals surface area contributed by atoms with Crippen molar-refractivity contribution >= 4 is 5.82 Å². The Morgan fingerprint density at radius 1 is 1.56 bits per heavy atom. The van der Waals surface area contributed by atoms with Gasteiger partial charge in [-0.05, 0) is 45.4 Å². The van der Waals surface area contributed by atoms with Crippen LogP contribution in [0, 0.1) is 0 Å². The minimum Gasteiger partial charge on any atom is -0.487 e. The van der Waals surface area contributed by atoms with Crippen LogP contribution in [0.4, 0.5) is 5.82 Å². The lowest BCUT2D eigenvalue weighted by molar-refractivity contribution is 0.242. The topological polar surface area (TPSA) is 37.4 Å². The second-order valence-electron chi connectivity index (χ2n) is 5.17. The van der Waals surface area contributed by atoms with Gasteiger partial charge in [-0.1, -0.05) is 0 Å². The zero-order valence-corrected chi connectivity index (χ0v) is 11.5. The van der Waals surface area contributed by atoms with Gasteiger partial charge in [0.05, 0.1) is 6.10 Å². The van der Waals surface area contributed by atoms with Crippen molar-refractivity contribution in [3.05, 3.63) is 18.3 Å². The van der Waals surface area contributed by atoms with Gasteiger partial charge in [-0.3, -0.25) is 0 Å². The summed E-state index contributed by atoms with van der Waals surface area (Å²) in [7, 11) is 2.08. The van der Waals surface area contributed by atoms with Gasteiger partial charge in [0.1, 0.15) is 0 Å². The molecule has 2 heterocycles. The molecular weight excluding hydrogens is 226 g/mol. The van der Waals surface area contributed by atoms with Crippen LogP contribution < -0.4 is 15.0 Å². The number of pyridine rings is 1. The molecule has 0 radical (unpaired) electrons. The van der Waals surface area contributed by atoms with Gasteiger partial charge in [-0.25, -0.2) is 4.98 Å². The van der Waals surface area contributed by atoms with Gasteiger partial charge < -0.3 is 15.0 Å². The molecule has 1 aliphatic rings. The van der Waals surface area contributed by atoms with Crippen LogP contribution in [-0.2, 0) is 0 Å². The molecule has 1 N–H and O–H groups in total. The standard InChI is InChI=1S/C14H23N3O/c1-11(2)18-13-7-5-9-16-14(13)17(3)10-12-6-4-8-15-12/h5,7,9,11-12,15H,4,6,8,10H2,1-3H3. The highest BCUT2D eigenvalue weighted by molar-refractivity contribution is 5.51. The van der Waals surface area contributed by atoms with Crippen LogP contribution >= 0.6 is 0 Å². The highest BCUT2D eigenvalue weighted by Crippen LogP contribution is 2.25. The van der Waals surface area contributed by atoms with Gasteiger partial charge in [0.25, 0.3) is 0 Å². The molecule has 4 nitrogen and oxygen atoms in total. The van der Waals surface area contributed by atoms with E-state index < -0.39 is 0 Å². The Labute approximate surface area is 109 Å². The number of nitrogens with zero attached hydrogens (tertiary/aromatic N) is 2. The summed E-state index contributed by atoms with van der Waals surface area (Å²) in [5.41, 5.74) is 0. The lowest BCUT2D eigenvalue weighted by atomic mass is 10.2. The molecule has 1 aliphatic heterocycles. The third-order valence-corrected chi connectivity index (χ3v) is 3.13. The zero-order chi connectivity index (χ0) is 13.0. The first-order chi connectivity index (χ1) is 8.66. The van der Waals surface area contributed by atoms with Crippen molar-refractivity contribution in [1.82, 2.24) is 10.3 Å². The van der Waals surface area contributed by atoms with E-state index in [1.54, 1.807) is 0 Å². The molecule has 0 aliphatic carbocycles. The average Bonchev–Trinajstić information content (AvgIpc) is 2.81. The molecule has 0 spiro atoms. The van der Waals surface area contributed by atoms with Crippen LogP contribution in [0.2, 0.25) is 0 Å². The molecule has 1 atom stereocenters. The first-order valence-corrected chi connectivity index (χ1v) is 6.73. The van der Waals surface area contributed by atoms with Gasteiger partial charge in [-0.2, -0.15) is 0 Å². The van der Waals surface area contributed by atoms with E-state index in [-0.39, 0.29) is 6.10 Å². The van der Waals surface area contributed by atoms with Crippen LogP contribution in [0.25, 0.3) is 0 Å². The summed E-state index contributed by atoms with van der Waals surface area (Å²) in [6, 6.07) is 4.48. The van der Waals surface area contributed by atoms with Crippen molar-refractivity contribution in [2.24, 2.45) is 0 Å². The maximum atomic E-state index is 5.81. The van der Waals surface area contributed by atoms with Crippen molar-refractivity contribution in [2.75, 3.05) is 25.0 Å². The van der Waals surface area contributed by atoms with E-state index in [2.05, 4.69) is 22.2 Å². The second-order valence-corrected chi connectivity index (χ2v) is 5.17. The number of hydrogen-bond acceptors (Lipinski definition) is 4. The van der Waals surface area contributed by atoms with Gasteiger partial charge in [0.15, 0.2) is 11.6 Å². The Balaban J connectivity index is 2.05. The monoisotopic (exact) mass is 249 g/mol. The summed E-state index contributed by atoms with van der Waals surface area (Å²) in [6.45, 7) is 6.19. The van der Waals surface area contributed by atoms with Crippen LogP contribution in [0.15, 0.2) is 18.3 Å². The maximum absolute atomic E-state index is 5.81. The first kappa shape index (κ1) is 13.1. The normalized spacial score (nSPS) is 19.2. The van der Waals surface area contributed by atoms with Gasteiger partial charge in [-0.15, -0.1) is 0 Å². The van der Waals surface area contributed by atoms with Gasteiger partial charge >= 0.3 is 0 Å². The fourth-order valence-electron chi connectivity index (χ4n) is 2.34. The number of likely N-dealkylation sites (N-methyl/N-ethyl adjacent to an activating group) is 1. The third-order valence-electron chi connectivity index (χ3n) is 3.13. The van der Waals surface area contributed by atoms with Crippen molar-refractivity contribution in [3.63, 3.8) is 0 Å². The smallest absolute Gasteiger partial charge is 0.171 e. The van der Waals surface area contributed by atoms with E-state index in [0.29, 0.717) is 6.04 Å². The lowest BCUT2D eigenvalue weighted by Crippen LogP contribution is -2.35. The third kappa shape index (κ3) is 3.35. The quantitative estimate of drug-likeness (QED) is 0.866. The minimum atomic E-state index is 0.172. The Bertz CT molecular complexity index is 375. The summed E-state index contributed by atoms with van der Waals surface area (Å²) in [5.74, 6) is 1.80. The predicted molar refractivity (Wildman–Crippen MR) is 74.3 cm³/mol.